The summed E-state index contributed by atoms with van der Waals surface area (Å²) in [5.74, 6) is 0.433. The molecule has 29 heavy (non-hydrogen) atoms. The highest BCUT2D eigenvalue weighted by Gasteiger charge is 2.20. The van der Waals surface area contributed by atoms with E-state index in [0.29, 0.717) is 6.54 Å². The van der Waals surface area contributed by atoms with Gasteiger partial charge in [-0.25, -0.2) is 4.39 Å². The molecule has 0 bridgehead atoms. The second-order valence-electron chi connectivity index (χ2n) is 6.93. The van der Waals surface area contributed by atoms with Crippen LogP contribution in [0.4, 0.5) is 4.39 Å². The maximum absolute atomic E-state index is 13.0. The summed E-state index contributed by atoms with van der Waals surface area (Å²) in [6.45, 7) is 7.14. The number of aromatic nitrogens is 3. The molecule has 0 spiro atoms. The van der Waals surface area contributed by atoms with Gasteiger partial charge in [-0.05, 0) is 44.0 Å². The van der Waals surface area contributed by atoms with Crippen molar-refractivity contribution in [1.82, 2.24) is 20.1 Å². The van der Waals surface area contributed by atoms with Crippen molar-refractivity contribution in [2.75, 3.05) is 0 Å². The molecule has 152 valence electrons. The summed E-state index contributed by atoms with van der Waals surface area (Å²) < 4.78 is 15.1. The molecule has 1 amide bonds. The Balaban J connectivity index is 1.69. The van der Waals surface area contributed by atoms with Crippen LogP contribution in [0.25, 0.3) is 11.4 Å². The van der Waals surface area contributed by atoms with Crippen molar-refractivity contribution in [1.29, 1.82) is 0 Å². The minimum absolute atomic E-state index is 0.0949. The van der Waals surface area contributed by atoms with Crippen molar-refractivity contribution in [3.63, 3.8) is 0 Å². The Morgan fingerprint density at radius 1 is 1.21 bits per heavy atom. The predicted molar refractivity (Wildman–Crippen MR) is 114 cm³/mol. The van der Waals surface area contributed by atoms with E-state index in [1.807, 2.05) is 32.0 Å². The molecule has 1 heterocycles. The van der Waals surface area contributed by atoms with Crippen LogP contribution in [0.2, 0.25) is 0 Å². The van der Waals surface area contributed by atoms with Gasteiger partial charge in [-0.3, -0.25) is 4.79 Å². The number of nitrogens with one attached hydrogen (secondary N) is 1. The molecule has 0 unspecified atom stereocenters. The van der Waals surface area contributed by atoms with Crippen LogP contribution >= 0.6 is 11.8 Å². The second kappa shape index (κ2) is 9.69. The molecule has 0 radical (unpaired) electrons. The number of benzene rings is 2. The summed E-state index contributed by atoms with van der Waals surface area (Å²) in [6, 6.07) is 14.3. The average Bonchev–Trinajstić information content (AvgIpc) is 3.10. The lowest BCUT2D eigenvalue weighted by atomic mass is 10.1. The third-order valence-corrected chi connectivity index (χ3v) is 5.55. The second-order valence-corrected chi connectivity index (χ2v) is 8.24. The summed E-state index contributed by atoms with van der Waals surface area (Å²) >= 11 is 1.39. The van der Waals surface area contributed by atoms with Gasteiger partial charge in [-0.15, -0.1) is 10.2 Å². The first-order valence-corrected chi connectivity index (χ1v) is 10.5. The fourth-order valence-corrected chi connectivity index (χ4v) is 3.85. The average molecular weight is 413 g/mol. The lowest BCUT2D eigenvalue weighted by Crippen LogP contribution is -2.30. The van der Waals surface area contributed by atoms with Gasteiger partial charge in [-0.2, -0.15) is 0 Å². The van der Waals surface area contributed by atoms with Crippen LogP contribution in [-0.2, 0) is 17.9 Å². The fraction of sp³-hybridized carbons (Fsp3) is 0.318. The van der Waals surface area contributed by atoms with E-state index in [1.165, 1.54) is 23.9 Å². The Bertz CT molecular complexity index is 971. The number of rotatable bonds is 8. The summed E-state index contributed by atoms with van der Waals surface area (Å²) in [4.78, 5) is 12.5. The zero-order valence-electron chi connectivity index (χ0n) is 16.9. The lowest BCUT2D eigenvalue weighted by molar-refractivity contribution is -0.120. The van der Waals surface area contributed by atoms with Crippen LogP contribution < -0.4 is 5.32 Å². The first-order valence-electron chi connectivity index (χ1n) is 9.67. The Morgan fingerprint density at radius 3 is 2.66 bits per heavy atom. The van der Waals surface area contributed by atoms with E-state index in [4.69, 9.17) is 0 Å². The molecule has 0 aliphatic carbocycles. The normalized spacial score (nSPS) is 12.0. The molecule has 0 saturated carbocycles. The number of thioether (sulfide) groups is 1. The Morgan fingerprint density at radius 2 is 1.97 bits per heavy atom. The van der Waals surface area contributed by atoms with Gasteiger partial charge in [0, 0.05) is 18.7 Å². The maximum Gasteiger partial charge on any atom is 0.233 e. The zero-order chi connectivity index (χ0) is 20.8. The maximum atomic E-state index is 13.0. The molecule has 0 saturated heterocycles. The Labute approximate surface area is 174 Å². The Kier molecular flexibility index (Phi) is 7.04. The van der Waals surface area contributed by atoms with Gasteiger partial charge >= 0.3 is 0 Å². The highest BCUT2D eigenvalue weighted by atomic mass is 32.2. The van der Waals surface area contributed by atoms with Gasteiger partial charge in [-0.1, -0.05) is 54.6 Å². The molecule has 2 aromatic carbocycles. The highest BCUT2D eigenvalue weighted by molar-refractivity contribution is 8.00. The van der Waals surface area contributed by atoms with E-state index in [-0.39, 0.29) is 17.0 Å². The summed E-state index contributed by atoms with van der Waals surface area (Å²) in [5.41, 5.74) is 3.04. The van der Waals surface area contributed by atoms with E-state index >= 15 is 0 Å². The number of carbonyl (C=O) groups is 1. The van der Waals surface area contributed by atoms with Crippen LogP contribution in [0.15, 0.2) is 53.7 Å². The van der Waals surface area contributed by atoms with Crippen molar-refractivity contribution in [3.05, 3.63) is 65.5 Å². The van der Waals surface area contributed by atoms with E-state index in [9.17, 15) is 9.18 Å². The minimum Gasteiger partial charge on any atom is -0.351 e. The topological polar surface area (TPSA) is 59.8 Å². The van der Waals surface area contributed by atoms with Crippen molar-refractivity contribution in [2.45, 2.75) is 50.7 Å². The molecule has 7 heteroatoms. The molecule has 1 atom stereocenters. The van der Waals surface area contributed by atoms with Gasteiger partial charge in [0.1, 0.15) is 5.82 Å². The molecular formula is C22H25FN4OS. The van der Waals surface area contributed by atoms with E-state index < -0.39 is 0 Å². The number of carbonyl (C=O) groups excluding carboxylic acids is 1. The lowest BCUT2D eigenvalue weighted by Gasteiger charge is -2.13. The number of hydrogen-bond donors (Lipinski definition) is 1. The third kappa shape index (κ3) is 5.44. The third-order valence-electron chi connectivity index (χ3n) is 4.47. The SMILES string of the molecule is CCCn1c(S[C@H](C)C(=O)NCc2ccc(F)cc2)nnc1-c1cccc(C)c1. The van der Waals surface area contributed by atoms with Gasteiger partial charge < -0.3 is 9.88 Å². The van der Waals surface area contributed by atoms with Crippen LogP contribution in [0.1, 0.15) is 31.4 Å². The van der Waals surface area contributed by atoms with Crippen LogP contribution in [0.3, 0.4) is 0 Å². The van der Waals surface area contributed by atoms with E-state index in [1.54, 1.807) is 12.1 Å². The van der Waals surface area contributed by atoms with Gasteiger partial charge in [0.25, 0.3) is 0 Å². The van der Waals surface area contributed by atoms with Gasteiger partial charge in [0.05, 0.1) is 5.25 Å². The van der Waals surface area contributed by atoms with Crippen LogP contribution in [0.5, 0.6) is 0 Å². The summed E-state index contributed by atoms with van der Waals surface area (Å²) in [5, 5.41) is 12.0. The smallest absolute Gasteiger partial charge is 0.233 e. The number of aryl methyl sites for hydroxylation is 1. The summed E-state index contributed by atoms with van der Waals surface area (Å²) in [6.07, 6.45) is 0.940. The van der Waals surface area contributed by atoms with E-state index in [0.717, 1.165) is 40.6 Å². The van der Waals surface area contributed by atoms with Gasteiger partial charge in [0.15, 0.2) is 11.0 Å². The molecule has 1 aromatic heterocycles. The van der Waals surface area contributed by atoms with Crippen LogP contribution in [-0.4, -0.2) is 25.9 Å². The standard InChI is InChI=1S/C22H25FN4OS/c1-4-12-27-20(18-7-5-6-15(2)13-18)25-26-22(27)29-16(3)21(28)24-14-17-8-10-19(23)11-9-17/h5-11,13,16H,4,12,14H2,1-3H3,(H,24,28)/t16-/m1/s1. The number of nitrogens with zero attached hydrogens (tertiary/aromatic N) is 3. The summed E-state index contributed by atoms with van der Waals surface area (Å²) in [7, 11) is 0. The number of hydrogen-bond acceptors (Lipinski definition) is 4. The monoisotopic (exact) mass is 412 g/mol. The highest BCUT2D eigenvalue weighted by Crippen LogP contribution is 2.27. The minimum atomic E-state index is -0.333. The molecule has 5 nitrogen and oxygen atoms in total. The molecule has 3 aromatic rings. The van der Waals surface area contributed by atoms with E-state index in [2.05, 4.69) is 33.1 Å². The molecule has 3 rings (SSSR count). The largest absolute Gasteiger partial charge is 0.351 e. The molecular weight excluding hydrogens is 387 g/mol. The van der Waals surface area contributed by atoms with Crippen molar-refractivity contribution < 1.29 is 9.18 Å². The molecule has 0 aliphatic heterocycles. The quantitative estimate of drug-likeness (QED) is 0.550. The fourth-order valence-electron chi connectivity index (χ4n) is 2.95. The number of halogens is 1. The predicted octanol–water partition coefficient (Wildman–Crippen LogP) is 4.60. The van der Waals surface area contributed by atoms with Crippen LogP contribution in [0, 0.1) is 12.7 Å². The van der Waals surface area contributed by atoms with Crippen molar-refractivity contribution in [3.8, 4) is 11.4 Å². The molecule has 1 N–H and O–H groups in total. The van der Waals surface area contributed by atoms with Crippen molar-refractivity contribution >= 4 is 17.7 Å². The first-order chi connectivity index (χ1) is 14.0. The van der Waals surface area contributed by atoms with Crippen molar-refractivity contribution in [2.24, 2.45) is 0 Å². The molecule has 0 aliphatic rings. The number of amides is 1. The zero-order valence-corrected chi connectivity index (χ0v) is 17.7. The molecule has 0 fully saturated rings. The van der Waals surface area contributed by atoms with Gasteiger partial charge in [0.2, 0.25) is 5.91 Å². The Hall–Kier alpha value is -2.67. The first kappa shape index (κ1) is 21.0.